The number of hydrogen-bond acceptors (Lipinski definition) is 4. The molecule has 7 nitrogen and oxygen atoms in total. The largest absolute Gasteiger partial charge is 0.480 e. The number of amides is 1. The Morgan fingerprint density at radius 1 is 1.53 bits per heavy atom. The van der Waals surface area contributed by atoms with Crippen molar-refractivity contribution in [2.24, 2.45) is 12.8 Å². The molecule has 0 saturated heterocycles. The van der Waals surface area contributed by atoms with Gasteiger partial charge < -0.3 is 16.2 Å². The number of carboxylic acids is 1. The maximum absolute atomic E-state index is 11.7. The lowest BCUT2D eigenvalue weighted by Crippen LogP contribution is -2.35. The second-order valence-electron chi connectivity index (χ2n) is 4.29. The van der Waals surface area contributed by atoms with E-state index in [1.54, 1.807) is 30.2 Å². The number of carbonyl (C=O) groups excluding carboxylic acids is 1. The Hall–Kier alpha value is -2.02. The summed E-state index contributed by atoms with van der Waals surface area (Å²) in [5.41, 5.74) is 5.91. The van der Waals surface area contributed by atoms with E-state index in [9.17, 15) is 9.59 Å². The van der Waals surface area contributed by atoms with E-state index in [2.05, 4.69) is 10.4 Å². The second-order valence-corrected chi connectivity index (χ2v) is 4.29. The quantitative estimate of drug-likeness (QED) is 0.443. The maximum atomic E-state index is 11.7. The minimum absolute atomic E-state index is 0.166. The van der Waals surface area contributed by atoms with Crippen molar-refractivity contribution in [2.75, 3.05) is 6.54 Å². The van der Waals surface area contributed by atoms with Gasteiger partial charge >= 0.3 is 5.97 Å². The van der Waals surface area contributed by atoms with Crippen LogP contribution in [0.15, 0.2) is 18.5 Å². The molecule has 1 aromatic heterocycles. The summed E-state index contributed by atoms with van der Waals surface area (Å²) in [5, 5.41) is 15.3. The number of aromatic nitrogens is 2. The van der Waals surface area contributed by atoms with Crippen molar-refractivity contribution < 1.29 is 19.4 Å². The van der Waals surface area contributed by atoms with Crippen molar-refractivity contribution >= 4 is 11.9 Å². The smallest absolute Gasteiger partial charge is 0.320 e. The fraction of sp³-hybridized carbons (Fsp3) is 0.500. The minimum atomic E-state index is -0.992. The highest BCUT2D eigenvalue weighted by Crippen LogP contribution is 1.99. The third-order valence-electron chi connectivity index (χ3n) is 2.64. The van der Waals surface area contributed by atoms with E-state index in [0.717, 1.165) is 0 Å². The fourth-order valence-electron chi connectivity index (χ4n) is 1.55. The van der Waals surface area contributed by atoms with Crippen LogP contribution >= 0.6 is 0 Å². The van der Waals surface area contributed by atoms with Crippen molar-refractivity contribution in [2.45, 2.75) is 25.3 Å². The molecule has 0 unspecified atom stereocenters. The molecule has 0 aliphatic rings. The Balaban J connectivity index is 2.23. The third-order valence-corrected chi connectivity index (χ3v) is 2.64. The summed E-state index contributed by atoms with van der Waals surface area (Å²) in [6.45, 7) is 0.497. The SMILES string of the molecule is C[n+]1cc(C(=O)NCCCC[C@H](N)C(=O)O)ccn1. The molecule has 4 N–H and O–H groups in total. The topological polar surface area (TPSA) is 109 Å². The zero-order chi connectivity index (χ0) is 14.3. The van der Waals surface area contributed by atoms with Crippen molar-refractivity contribution in [3.8, 4) is 0 Å². The average Bonchev–Trinajstić information content (AvgIpc) is 2.37. The lowest BCUT2D eigenvalue weighted by Gasteiger charge is -2.06. The first-order valence-corrected chi connectivity index (χ1v) is 6.09. The molecule has 0 fully saturated rings. The van der Waals surface area contributed by atoms with Gasteiger partial charge in [-0.2, -0.15) is 0 Å². The lowest BCUT2D eigenvalue weighted by atomic mass is 10.1. The summed E-state index contributed by atoms with van der Waals surface area (Å²) in [4.78, 5) is 22.2. The Morgan fingerprint density at radius 3 is 2.89 bits per heavy atom. The average molecular weight is 267 g/mol. The van der Waals surface area contributed by atoms with Gasteiger partial charge in [-0.25, -0.2) is 0 Å². The standard InChI is InChI=1S/C12H18N4O3/c1-16-8-9(5-7-15-16)11(17)14-6-3-2-4-10(13)12(18)19/h5,7-8,10H,2-4,6,13H2,1H3,(H-,14,17,18,19)/p+1/t10-/m0/s1. The molecule has 0 bridgehead atoms. The molecule has 1 heterocycles. The Morgan fingerprint density at radius 2 is 2.26 bits per heavy atom. The highest BCUT2D eigenvalue weighted by molar-refractivity contribution is 5.93. The van der Waals surface area contributed by atoms with Crippen LogP contribution in [-0.4, -0.2) is 34.7 Å². The number of nitrogens with zero attached hydrogens (tertiary/aromatic N) is 2. The highest BCUT2D eigenvalue weighted by atomic mass is 16.4. The van der Waals surface area contributed by atoms with Crippen molar-refractivity contribution in [1.82, 2.24) is 10.4 Å². The number of aryl methyl sites for hydroxylation is 1. The van der Waals surface area contributed by atoms with Crippen LogP contribution in [0.1, 0.15) is 29.6 Å². The normalized spacial score (nSPS) is 11.9. The molecule has 0 saturated carbocycles. The summed E-state index contributed by atoms with van der Waals surface area (Å²) in [7, 11) is 1.74. The van der Waals surface area contributed by atoms with Crippen LogP contribution in [0.25, 0.3) is 0 Å². The van der Waals surface area contributed by atoms with Gasteiger partial charge in [0, 0.05) is 6.54 Å². The van der Waals surface area contributed by atoms with Gasteiger partial charge in [-0.15, -0.1) is 0 Å². The van der Waals surface area contributed by atoms with Crippen molar-refractivity contribution in [3.63, 3.8) is 0 Å². The zero-order valence-electron chi connectivity index (χ0n) is 10.9. The molecule has 1 atom stereocenters. The van der Waals surface area contributed by atoms with Gasteiger partial charge in [0.25, 0.3) is 5.91 Å². The van der Waals surface area contributed by atoms with Crippen LogP contribution in [0.4, 0.5) is 0 Å². The number of nitrogens with two attached hydrogens (primary N) is 1. The van der Waals surface area contributed by atoms with E-state index in [4.69, 9.17) is 10.8 Å². The molecule has 0 spiro atoms. The zero-order valence-corrected chi connectivity index (χ0v) is 10.9. The third kappa shape index (κ3) is 5.43. The van der Waals surface area contributed by atoms with Crippen LogP contribution in [0, 0.1) is 0 Å². The first kappa shape index (κ1) is 15.0. The number of unbranched alkanes of at least 4 members (excludes halogenated alkanes) is 1. The van der Waals surface area contributed by atoms with E-state index < -0.39 is 12.0 Å². The lowest BCUT2D eigenvalue weighted by molar-refractivity contribution is -0.731. The van der Waals surface area contributed by atoms with Gasteiger partial charge in [-0.05, 0) is 30.4 Å². The molecule has 0 aliphatic heterocycles. The highest BCUT2D eigenvalue weighted by Gasteiger charge is 2.11. The monoisotopic (exact) mass is 267 g/mol. The van der Waals surface area contributed by atoms with Crippen molar-refractivity contribution in [1.29, 1.82) is 0 Å². The number of hydrogen-bond donors (Lipinski definition) is 3. The van der Waals surface area contributed by atoms with Gasteiger partial charge in [0.2, 0.25) is 6.20 Å². The Labute approximate surface area is 111 Å². The number of aliphatic carboxylic acids is 1. The second kappa shape index (κ2) is 7.42. The summed E-state index contributed by atoms with van der Waals surface area (Å²) in [6, 6.07) is 0.810. The molecule has 0 radical (unpaired) electrons. The first-order valence-electron chi connectivity index (χ1n) is 6.09. The van der Waals surface area contributed by atoms with Gasteiger partial charge in [-0.3, -0.25) is 9.59 Å². The summed E-state index contributed by atoms with van der Waals surface area (Å²) >= 11 is 0. The van der Waals surface area contributed by atoms with Gasteiger partial charge in [0.05, 0.1) is 6.20 Å². The van der Waals surface area contributed by atoms with Gasteiger partial charge in [0.1, 0.15) is 11.6 Å². The molecule has 1 rings (SSSR count). The van der Waals surface area contributed by atoms with Crippen LogP contribution in [0.3, 0.4) is 0 Å². The van der Waals surface area contributed by atoms with Crippen molar-refractivity contribution in [3.05, 3.63) is 24.0 Å². The van der Waals surface area contributed by atoms with Crippen LogP contribution < -0.4 is 15.7 Å². The predicted molar refractivity (Wildman–Crippen MR) is 67.2 cm³/mol. The number of carbonyl (C=O) groups is 2. The molecule has 104 valence electrons. The molecule has 1 aromatic rings. The number of carboxylic acid groups (broad SMARTS) is 1. The number of nitrogens with one attached hydrogen (secondary N) is 1. The fourth-order valence-corrected chi connectivity index (χ4v) is 1.55. The summed E-state index contributed by atoms with van der Waals surface area (Å²) in [6.07, 6.45) is 4.97. The molecular weight excluding hydrogens is 248 g/mol. The molecular formula is C12H19N4O3+. The predicted octanol–water partition coefficient (Wildman–Crippen LogP) is -0.782. The van der Waals surface area contributed by atoms with Gasteiger partial charge in [-0.1, -0.05) is 4.68 Å². The summed E-state index contributed by atoms with van der Waals surface area (Å²) in [5.74, 6) is -1.16. The Bertz CT molecular complexity index is 450. The molecule has 0 aliphatic carbocycles. The first-order chi connectivity index (χ1) is 9.00. The maximum Gasteiger partial charge on any atom is 0.320 e. The van der Waals surface area contributed by atoms with Gasteiger partial charge in [0.15, 0.2) is 7.05 Å². The number of rotatable bonds is 7. The molecule has 0 aromatic carbocycles. The van der Waals surface area contributed by atoms with Crippen LogP contribution in [-0.2, 0) is 11.8 Å². The molecule has 7 heteroatoms. The van der Waals surface area contributed by atoms with E-state index >= 15 is 0 Å². The van der Waals surface area contributed by atoms with E-state index in [1.165, 1.54) is 0 Å². The van der Waals surface area contributed by atoms with Crippen LogP contribution in [0.5, 0.6) is 0 Å². The minimum Gasteiger partial charge on any atom is -0.480 e. The van der Waals surface area contributed by atoms with Crippen LogP contribution in [0.2, 0.25) is 0 Å². The molecule has 19 heavy (non-hydrogen) atoms. The van der Waals surface area contributed by atoms with E-state index in [-0.39, 0.29) is 5.91 Å². The van der Waals surface area contributed by atoms with E-state index in [1.807, 2.05) is 0 Å². The Kier molecular flexibility index (Phi) is 5.87. The summed E-state index contributed by atoms with van der Waals surface area (Å²) < 4.78 is 1.56. The van der Waals surface area contributed by atoms with E-state index in [0.29, 0.717) is 31.4 Å². The molecule has 1 amide bonds.